The third kappa shape index (κ3) is 5.86. The monoisotopic (exact) mass is 811 g/mol. The number of hydrogen-bond acceptors (Lipinski definition) is 3. The molecule has 64 heavy (non-hydrogen) atoms. The molecule has 2 heterocycles. The summed E-state index contributed by atoms with van der Waals surface area (Å²) in [5.74, 6) is 0.690. The average Bonchev–Trinajstić information content (AvgIpc) is 3.37. The second-order valence-electron chi connectivity index (χ2n) is 16.7. The lowest BCUT2D eigenvalue weighted by Crippen LogP contribution is -1.97. The van der Waals surface area contributed by atoms with Crippen LogP contribution in [0.25, 0.3) is 132 Å². The van der Waals surface area contributed by atoms with Gasteiger partial charge in [-0.3, -0.25) is 4.98 Å². The zero-order valence-corrected chi connectivity index (χ0v) is 34.7. The molecule has 0 unspecified atom stereocenters. The maximum atomic E-state index is 5.13. The summed E-state index contributed by atoms with van der Waals surface area (Å²) in [6.07, 6.45) is 3.71. The molecule has 0 atom stereocenters. The van der Waals surface area contributed by atoms with Gasteiger partial charge in [-0.2, -0.15) is 0 Å². The Kier molecular flexibility index (Phi) is 8.22. The molecule has 0 N–H and O–H groups in total. The highest BCUT2D eigenvalue weighted by atomic mass is 14.9. The van der Waals surface area contributed by atoms with E-state index in [-0.39, 0.29) is 0 Å². The van der Waals surface area contributed by atoms with Crippen LogP contribution in [0.1, 0.15) is 0 Å². The van der Waals surface area contributed by atoms with Crippen LogP contribution in [0.15, 0.2) is 225 Å². The predicted molar refractivity (Wildman–Crippen MR) is 269 cm³/mol. The largest absolute Gasteiger partial charge is 0.264 e. The number of aromatic nitrogens is 3. The molecule has 0 aliphatic rings. The summed E-state index contributed by atoms with van der Waals surface area (Å²) in [4.78, 5) is 14.7. The Labute approximate surface area is 370 Å². The van der Waals surface area contributed by atoms with Crippen molar-refractivity contribution in [2.24, 2.45) is 0 Å². The molecule has 3 nitrogen and oxygen atoms in total. The minimum atomic E-state index is 0.690. The van der Waals surface area contributed by atoms with Crippen LogP contribution in [0, 0.1) is 0 Å². The van der Waals surface area contributed by atoms with Gasteiger partial charge in [0.05, 0.1) is 11.4 Å². The number of hydrogen-bond donors (Lipinski definition) is 0. The van der Waals surface area contributed by atoms with Gasteiger partial charge in [0.15, 0.2) is 5.82 Å². The van der Waals surface area contributed by atoms with Gasteiger partial charge in [0.1, 0.15) is 0 Å². The van der Waals surface area contributed by atoms with Crippen LogP contribution in [-0.2, 0) is 0 Å². The van der Waals surface area contributed by atoms with Gasteiger partial charge in [-0.25, -0.2) is 9.97 Å². The number of benzene rings is 10. The van der Waals surface area contributed by atoms with Gasteiger partial charge in [0.2, 0.25) is 0 Å². The molecule has 0 fully saturated rings. The van der Waals surface area contributed by atoms with Gasteiger partial charge in [-0.1, -0.05) is 188 Å². The molecule has 13 rings (SSSR count). The molecule has 0 bridgehead atoms. The summed E-state index contributed by atoms with van der Waals surface area (Å²) in [7, 11) is 0. The van der Waals surface area contributed by atoms with Crippen molar-refractivity contribution in [1.82, 2.24) is 15.0 Å². The topological polar surface area (TPSA) is 38.7 Å². The lowest BCUT2D eigenvalue weighted by molar-refractivity contribution is 1.18. The summed E-state index contributed by atoms with van der Waals surface area (Å²) in [5.41, 5.74) is 11.6. The Morgan fingerprint density at radius 1 is 0.266 bits per heavy atom. The summed E-state index contributed by atoms with van der Waals surface area (Å²) in [6.45, 7) is 0. The minimum absolute atomic E-state index is 0.690. The number of fused-ring (bicyclic) bond motifs is 2. The van der Waals surface area contributed by atoms with E-state index >= 15 is 0 Å². The smallest absolute Gasteiger partial charge is 0.160 e. The Bertz CT molecular complexity index is 3910. The number of rotatable bonds is 6. The van der Waals surface area contributed by atoms with E-state index < -0.39 is 0 Å². The maximum Gasteiger partial charge on any atom is 0.160 e. The van der Waals surface area contributed by atoms with Crippen molar-refractivity contribution in [1.29, 1.82) is 0 Å². The van der Waals surface area contributed by atoms with E-state index in [2.05, 4.69) is 193 Å². The summed E-state index contributed by atoms with van der Waals surface area (Å²) in [6, 6.07) is 76.9. The summed E-state index contributed by atoms with van der Waals surface area (Å²) in [5, 5.41) is 15.5. The highest BCUT2D eigenvalue weighted by molar-refractivity contribution is 6.37. The van der Waals surface area contributed by atoms with Crippen molar-refractivity contribution >= 4 is 64.6 Å². The van der Waals surface area contributed by atoms with Crippen LogP contribution in [0.2, 0.25) is 0 Å². The molecule has 0 saturated heterocycles. The molecule has 0 aliphatic carbocycles. The molecule has 0 radical (unpaired) electrons. The predicted octanol–water partition coefficient (Wildman–Crippen LogP) is 16.2. The Hall–Kier alpha value is -8.53. The van der Waals surface area contributed by atoms with Crippen molar-refractivity contribution in [3.8, 4) is 67.3 Å². The number of pyridine rings is 1. The Balaban J connectivity index is 0.904. The lowest BCUT2D eigenvalue weighted by atomic mass is 9.86. The second-order valence-corrected chi connectivity index (χ2v) is 16.7. The average molecular weight is 812 g/mol. The van der Waals surface area contributed by atoms with Crippen LogP contribution in [-0.4, -0.2) is 15.0 Å². The fourth-order valence-corrected chi connectivity index (χ4v) is 10.1. The zero-order chi connectivity index (χ0) is 42.1. The van der Waals surface area contributed by atoms with E-state index in [1.54, 1.807) is 6.20 Å². The first-order valence-corrected chi connectivity index (χ1v) is 21.8. The normalized spacial score (nSPS) is 11.8. The minimum Gasteiger partial charge on any atom is -0.264 e. The van der Waals surface area contributed by atoms with Gasteiger partial charge < -0.3 is 0 Å². The molecule has 0 aliphatic heterocycles. The van der Waals surface area contributed by atoms with E-state index in [0.717, 1.165) is 50.3 Å². The fraction of sp³-hybridized carbons (Fsp3) is 0. The van der Waals surface area contributed by atoms with Gasteiger partial charge in [0, 0.05) is 34.6 Å². The first-order valence-electron chi connectivity index (χ1n) is 21.8. The molecule has 2 aromatic heterocycles. The van der Waals surface area contributed by atoms with E-state index in [9.17, 15) is 0 Å². The van der Waals surface area contributed by atoms with Crippen LogP contribution in [0.4, 0.5) is 0 Å². The van der Waals surface area contributed by atoms with Crippen molar-refractivity contribution in [2.75, 3.05) is 0 Å². The molecular weight excluding hydrogens is 775 g/mol. The first kappa shape index (κ1) is 36.2. The lowest BCUT2D eigenvalue weighted by Gasteiger charge is -2.17. The number of nitrogens with zero attached hydrogens (tertiary/aromatic N) is 3. The van der Waals surface area contributed by atoms with E-state index in [1.165, 1.54) is 75.8 Å². The molecule has 13 aromatic rings. The fourth-order valence-electron chi connectivity index (χ4n) is 10.1. The first-order chi connectivity index (χ1) is 31.7. The van der Waals surface area contributed by atoms with Crippen LogP contribution < -0.4 is 0 Å². The van der Waals surface area contributed by atoms with Gasteiger partial charge in [-0.05, 0) is 117 Å². The third-order valence-corrected chi connectivity index (χ3v) is 13.1. The summed E-state index contributed by atoms with van der Waals surface area (Å²) >= 11 is 0. The zero-order valence-electron chi connectivity index (χ0n) is 34.7. The molecule has 0 amide bonds. The Morgan fingerprint density at radius 3 is 1.38 bits per heavy atom. The van der Waals surface area contributed by atoms with Crippen molar-refractivity contribution < 1.29 is 0 Å². The van der Waals surface area contributed by atoms with Gasteiger partial charge in [0.25, 0.3) is 0 Å². The Morgan fingerprint density at radius 2 is 0.766 bits per heavy atom. The second kappa shape index (κ2) is 14.5. The highest BCUT2D eigenvalue weighted by Crippen LogP contribution is 2.45. The van der Waals surface area contributed by atoms with E-state index in [4.69, 9.17) is 9.97 Å². The van der Waals surface area contributed by atoms with Crippen LogP contribution in [0.5, 0.6) is 0 Å². The highest BCUT2D eigenvalue weighted by Gasteiger charge is 2.18. The SMILES string of the molecule is c1ccc(-c2nc(-c3ccc(-c4ccc(-c5cc6ccc7cccc8c9cccc%10ccc%11cccc(c(c5)c6c78)c%11c%109)cc4)cc3)cc(-c3ccccc3-c3cccnc3)n2)cc1. The third-order valence-electron chi connectivity index (χ3n) is 13.1. The van der Waals surface area contributed by atoms with Crippen molar-refractivity contribution in [2.45, 2.75) is 0 Å². The standard InChI is InChI=1S/C61H37N3/c1-2-10-45(11-3-1)61-63-55(36-56(64-61)50-17-5-4-16-49(50)47-15-9-33-62-37-47)41-27-25-39(26-28-41)38-21-23-40(24-22-38)48-34-46-32-31-44-13-7-19-52-51-18-6-12-42-29-30-43-14-8-20-53(59(43)57(42)51)54(35-48)60(46)58(44)52/h1-37H. The van der Waals surface area contributed by atoms with E-state index in [1.807, 2.05) is 30.5 Å². The summed E-state index contributed by atoms with van der Waals surface area (Å²) < 4.78 is 0. The van der Waals surface area contributed by atoms with E-state index in [0.29, 0.717) is 5.82 Å². The maximum absolute atomic E-state index is 5.13. The van der Waals surface area contributed by atoms with Crippen molar-refractivity contribution in [3.63, 3.8) is 0 Å². The molecule has 11 aromatic carbocycles. The van der Waals surface area contributed by atoms with Crippen LogP contribution >= 0.6 is 0 Å². The molecule has 0 spiro atoms. The van der Waals surface area contributed by atoms with Gasteiger partial charge in [-0.15, -0.1) is 0 Å². The molecule has 0 saturated carbocycles. The molecular formula is C61H37N3. The molecule has 296 valence electrons. The van der Waals surface area contributed by atoms with Crippen molar-refractivity contribution in [3.05, 3.63) is 225 Å². The quantitative estimate of drug-likeness (QED) is 0.157. The van der Waals surface area contributed by atoms with Crippen LogP contribution in [0.3, 0.4) is 0 Å². The van der Waals surface area contributed by atoms with Gasteiger partial charge >= 0.3 is 0 Å². The molecule has 3 heteroatoms.